The van der Waals surface area contributed by atoms with E-state index in [9.17, 15) is 12.8 Å². The van der Waals surface area contributed by atoms with E-state index in [-0.39, 0.29) is 23.8 Å². The summed E-state index contributed by atoms with van der Waals surface area (Å²) in [6.07, 6.45) is 4.82. The Bertz CT molecular complexity index is 1530. The normalized spacial score (nSPS) is 11.7. The number of anilines is 1. The highest BCUT2D eigenvalue weighted by atomic mass is 32.2. The fourth-order valence-electron chi connectivity index (χ4n) is 3.46. The second-order valence-electron chi connectivity index (χ2n) is 7.27. The number of sulfonamides is 1. The zero-order valence-electron chi connectivity index (χ0n) is 17.7. The summed E-state index contributed by atoms with van der Waals surface area (Å²) >= 11 is 0. The predicted molar refractivity (Wildman–Crippen MR) is 124 cm³/mol. The monoisotopic (exact) mass is 478 g/mol. The average Bonchev–Trinajstić information content (AvgIpc) is 3.45. The van der Waals surface area contributed by atoms with Crippen molar-refractivity contribution in [3.05, 3.63) is 85.1 Å². The average molecular weight is 479 g/mol. The van der Waals surface area contributed by atoms with Crippen LogP contribution in [0.3, 0.4) is 0 Å². The Labute approximate surface area is 194 Å². The van der Waals surface area contributed by atoms with Crippen molar-refractivity contribution in [3.63, 3.8) is 0 Å². The molecule has 0 atom stereocenters. The Morgan fingerprint density at radius 3 is 2.56 bits per heavy atom. The first-order chi connectivity index (χ1) is 16.5. The third-order valence-electron chi connectivity index (χ3n) is 5.03. The van der Waals surface area contributed by atoms with Crippen LogP contribution >= 0.6 is 0 Å². The molecule has 2 N–H and O–H groups in total. The third-order valence-corrected chi connectivity index (χ3v) is 6.51. The van der Waals surface area contributed by atoms with E-state index in [1.165, 1.54) is 30.5 Å². The van der Waals surface area contributed by atoms with Crippen LogP contribution in [0.5, 0.6) is 0 Å². The third kappa shape index (κ3) is 4.38. The fraction of sp³-hybridized carbons (Fsp3) is 0.0870. The van der Waals surface area contributed by atoms with E-state index in [1.807, 2.05) is 0 Å². The molecule has 0 spiro atoms. The Morgan fingerprint density at radius 1 is 0.971 bits per heavy atom. The van der Waals surface area contributed by atoms with Crippen molar-refractivity contribution in [2.75, 3.05) is 18.4 Å². The summed E-state index contributed by atoms with van der Waals surface area (Å²) in [5.74, 6) is 0.349. The van der Waals surface area contributed by atoms with Crippen LogP contribution in [0.4, 0.5) is 10.3 Å². The van der Waals surface area contributed by atoms with Crippen LogP contribution in [-0.2, 0) is 10.0 Å². The molecule has 9 nitrogen and oxygen atoms in total. The minimum atomic E-state index is -3.60. The van der Waals surface area contributed by atoms with Crippen LogP contribution in [0.15, 0.2) is 88.6 Å². The predicted octanol–water partition coefficient (Wildman–Crippen LogP) is 3.58. The molecule has 0 fully saturated rings. The molecule has 0 unspecified atom stereocenters. The van der Waals surface area contributed by atoms with Crippen molar-refractivity contribution < 1.29 is 17.2 Å². The Morgan fingerprint density at radius 2 is 1.76 bits per heavy atom. The summed E-state index contributed by atoms with van der Waals surface area (Å²) in [6.45, 7) is 0.415. The van der Waals surface area contributed by atoms with E-state index < -0.39 is 10.0 Å². The van der Waals surface area contributed by atoms with Crippen molar-refractivity contribution >= 4 is 21.8 Å². The van der Waals surface area contributed by atoms with Gasteiger partial charge < -0.3 is 9.73 Å². The minimum Gasteiger partial charge on any atom is -0.432 e. The van der Waals surface area contributed by atoms with Gasteiger partial charge in [-0.1, -0.05) is 18.2 Å². The van der Waals surface area contributed by atoms with Crippen molar-refractivity contribution in [2.24, 2.45) is 0 Å². The summed E-state index contributed by atoms with van der Waals surface area (Å²) < 4.78 is 47.8. The first kappa shape index (κ1) is 21.7. The maximum atomic E-state index is 13.4. The van der Waals surface area contributed by atoms with Gasteiger partial charge in [-0.3, -0.25) is 4.40 Å². The lowest BCUT2D eigenvalue weighted by Gasteiger charge is -2.09. The SMILES string of the molecule is O=S(=O)(NCCNc1nccc(-c2c(-c3ccc(F)cc3)nc3occn23)n1)c1ccccc1. The number of imidazole rings is 1. The molecule has 0 aliphatic carbocycles. The van der Waals surface area contributed by atoms with E-state index in [4.69, 9.17) is 4.42 Å². The number of nitrogens with one attached hydrogen (secondary N) is 2. The van der Waals surface area contributed by atoms with Crippen molar-refractivity contribution in [3.8, 4) is 22.6 Å². The number of aromatic nitrogens is 4. The highest BCUT2D eigenvalue weighted by Gasteiger charge is 2.19. The summed E-state index contributed by atoms with van der Waals surface area (Å²) in [7, 11) is -3.60. The molecule has 0 aliphatic heterocycles. The van der Waals surface area contributed by atoms with Crippen LogP contribution < -0.4 is 10.0 Å². The van der Waals surface area contributed by atoms with Crippen molar-refractivity contribution in [1.82, 2.24) is 24.1 Å². The Balaban J connectivity index is 1.35. The number of halogens is 1. The number of rotatable bonds is 8. The largest absolute Gasteiger partial charge is 0.432 e. The van der Waals surface area contributed by atoms with Gasteiger partial charge in [0.25, 0.3) is 0 Å². The summed E-state index contributed by atoms with van der Waals surface area (Å²) in [4.78, 5) is 13.5. The molecule has 172 valence electrons. The molecule has 2 aromatic carbocycles. The minimum absolute atomic E-state index is 0.143. The first-order valence-corrected chi connectivity index (χ1v) is 11.8. The number of hydrogen-bond donors (Lipinski definition) is 2. The highest BCUT2D eigenvalue weighted by Crippen LogP contribution is 2.32. The lowest BCUT2D eigenvalue weighted by molar-refractivity contribution is 0.583. The standard InChI is InChI=1S/C23H19FN6O3S/c24-17-8-6-16(7-9-17)20-21(30-14-15-33-23(30)29-20)19-10-11-25-22(28-19)26-12-13-27-34(31,32)18-4-2-1-3-5-18/h1-11,14-15,27H,12-13H2,(H,25,26,28). The number of fused-ring (bicyclic) bond motifs is 1. The number of nitrogens with zero attached hydrogens (tertiary/aromatic N) is 4. The summed E-state index contributed by atoms with van der Waals surface area (Å²) in [5.41, 5.74) is 2.51. The molecular formula is C23H19FN6O3S. The van der Waals surface area contributed by atoms with Crippen LogP contribution in [0.1, 0.15) is 0 Å². The second kappa shape index (κ2) is 9.04. The lowest BCUT2D eigenvalue weighted by atomic mass is 10.1. The topological polar surface area (TPSA) is 114 Å². The van der Waals surface area contributed by atoms with Crippen molar-refractivity contribution in [1.29, 1.82) is 0 Å². The lowest BCUT2D eigenvalue weighted by Crippen LogP contribution is -2.29. The van der Waals surface area contributed by atoms with Gasteiger partial charge in [-0.15, -0.1) is 0 Å². The van der Waals surface area contributed by atoms with E-state index in [0.717, 1.165) is 0 Å². The summed E-state index contributed by atoms with van der Waals surface area (Å²) in [6, 6.07) is 15.9. The molecule has 34 heavy (non-hydrogen) atoms. The second-order valence-corrected chi connectivity index (χ2v) is 9.04. The first-order valence-electron chi connectivity index (χ1n) is 10.3. The molecule has 0 amide bonds. The molecule has 0 bridgehead atoms. The van der Waals surface area contributed by atoms with Gasteiger partial charge in [0.05, 0.1) is 10.6 Å². The fourth-order valence-corrected chi connectivity index (χ4v) is 4.51. The molecule has 11 heteroatoms. The van der Waals surface area contributed by atoms with Crippen LogP contribution in [0.25, 0.3) is 28.5 Å². The van der Waals surface area contributed by atoms with Gasteiger partial charge in [0.15, 0.2) is 0 Å². The van der Waals surface area contributed by atoms with E-state index in [0.29, 0.717) is 34.4 Å². The van der Waals surface area contributed by atoms with Gasteiger partial charge in [0.1, 0.15) is 23.5 Å². The van der Waals surface area contributed by atoms with E-state index in [2.05, 4.69) is 25.0 Å². The highest BCUT2D eigenvalue weighted by molar-refractivity contribution is 7.89. The van der Waals surface area contributed by atoms with Gasteiger partial charge >= 0.3 is 5.84 Å². The number of oxazole rings is 1. The van der Waals surface area contributed by atoms with Gasteiger partial charge in [0.2, 0.25) is 16.0 Å². The summed E-state index contributed by atoms with van der Waals surface area (Å²) in [5, 5.41) is 3.03. The van der Waals surface area contributed by atoms with Gasteiger partial charge in [-0.2, -0.15) is 4.98 Å². The maximum absolute atomic E-state index is 13.4. The van der Waals surface area contributed by atoms with Gasteiger partial charge in [-0.05, 0) is 42.5 Å². The Kier molecular flexibility index (Phi) is 5.78. The molecular weight excluding hydrogens is 459 g/mol. The van der Waals surface area contributed by atoms with E-state index in [1.54, 1.807) is 53.2 Å². The van der Waals surface area contributed by atoms with Crippen LogP contribution in [0.2, 0.25) is 0 Å². The maximum Gasteiger partial charge on any atom is 0.306 e. The van der Waals surface area contributed by atoms with Gasteiger partial charge in [-0.25, -0.2) is 27.5 Å². The zero-order chi connectivity index (χ0) is 23.5. The van der Waals surface area contributed by atoms with Crippen LogP contribution in [0, 0.1) is 5.82 Å². The molecule has 0 radical (unpaired) electrons. The zero-order valence-corrected chi connectivity index (χ0v) is 18.5. The molecule has 5 rings (SSSR count). The quantitative estimate of drug-likeness (QED) is 0.328. The molecule has 3 heterocycles. The number of hydrogen-bond acceptors (Lipinski definition) is 7. The Hall–Kier alpha value is -4.09. The molecule has 3 aromatic heterocycles. The molecule has 0 saturated heterocycles. The molecule has 5 aromatic rings. The van der Waals surface area contributed by atoms with Gasteiger partial charge in [0, 0.05) is 31.0 Å². The van der Waals surface area contributed by atoms with Crippen LogP contribution in [-0.4, -0.2) is 40.9 Å². The molecule has 0 saturated carbocycles. The van der Waals surface area contributed by atoms with Crippen molar-refractivity contribution in [2.45, 2.75) is 4.90 Å². The van der Waals surface area contributed by atoms with E-state index >= 15 is 0 Å². The smallest absolute Gasteiger partial charge is 0.306 e. The number of benzene rings is 2. The molecule has 0 aliphatic rings.